The van der Waals surface area contributed by atoms with Gasteiger partial charge < -0.3 is 14.8 Å². The van der Waals surface area contributed by atoms with Gasteiger partial charge in [-0.15, -0.1) is 0 Å². The second-order valence-electron chi connectivity index (χ2n) is 6.22. The van der Waals surface area contributed by atoms with Crippen LogP contribution in [0.15, 0.2) is 69.6 Å². The highest BCUT2D eigenvalue weighted by atomic mass is 79.9. The Kier molecular flexibility index (Phi) is 6.75. The van der Waals surface area contributed by atoms with Gasteiger partial charge in [-0.2, -0.15) is 0 Å². The minimum atomic E-state index is -0.230. The van der Waals surface area contributed by atoms with Gasteiger partial charge in [0, 0.05) is 15.7 Å². The number of nitrogens with one attached hydrogen (secondary N) is 1. The molecule has 0 saturated heterocycles. The van der Waals surface area contributed by atoms with Gasteiger partial charge in [0.05, 0.1) is 11.6 Å². The smallest absolute Gasteiger partial charge is 0.255 e. The van der Waals surface area contributed by atoms with Gasteiger partial charge in [-0.25, -0.2) is 0 Å². The first-order valence-electron chi connectivity index (χ1n) is 8.59. The number of carbonyl (C=O) groups excluding carboxylic acids is 1. The summed E-state index contributed by atoms with van der Waals surface area (Å²) in [6, 6.07) is 18.9. The lowest BCUT2D eigenvalue weighted by molar-refractivity contribution is 0.102. The highest BCUT2D eigenvalue weighted by Crippen LogP contribution is 2.37. The summed E-state index contributed by atoms with van der Waals surface area (Å²) in [5.41, 5.74) is 3.43. The number of methoxy groups -OCH3 is 1. The Labute approximate surface area is 181 Å². The summed E-state index contributed by atoms with van der Waals surface area (Å²) in [7, 11) is 1.55. The zero-order valence-corrected chi connectivity index (χ0v) is 18.6. The second kappa shape index (κ2) is 9.26. The van der Waals surface area contributed by atoms with Crippen LogP contribution in [0.2, 0.25) is 0 Å². The molecule has 0 unspecified atom stereocenters. The van der Waals surface area contributed by atoms with E-state index in [9.17, 15) is 4.79 Å². The molecule has 0 radical (unpaired) electrons. The Balaban J connectivity index is 1.77. The third-order valence-corrected chi connectivity index (χ3v) is 5.22. The second-order valence-corrected chi connectivity index (χ2v) is 7.99. The maximum absolute atomic E-state index is 12.6. The zero-order chi connectivity index (χ0) is 20.1. The van der Waals surface area contributed by atoms with Crippen LogP contribution in [0.5, 0.6) is 11.5 Å². The molecule has 0 bridgehead atoms. The molecule has 3 rings (SSSR count). The summed E-state index contributed by atoms with van der Waals surface area (Å²) in [6.07, 6.45) is 0. The van der Waals surface area contributed by atoms with Crippen molar-refractivity contribution in [2.24, 2.45) is 0 Å². The number of amides is 1. The van der Waals surface area contributed by atoms with E-state index in [2.05, 4.69) is 37.2 Å². The van der Waals surface area contributed by atoms with Crippen LogP contribution in [0, 0.1) is 6.92 Å². The number of ether oxygens (including phenoxy) is 2. The third-order valence-electron chi connectivity index (χ3n) is 4.10. The Morgan fingerprint density at radius 3 is 2.32 bits per heavy atom. The molecule has 0 heterocycles. The summed E-state index contributed by atoms with van der Waals surface area (Å²) in [5, 5.41) is 2.87. The van der Waals surface area contributed by atoms with Crippen LogP contribution in [-0.2, 0) is 6.61 Å². The van der Waals surface area contributed by atoms with Crippen LogP contribution in [0.25, 0.3) is 0 Å². The molecule has 0 fully saturated rings. The van der Waals surface area contributed by atoms with E-state index in [0.29, 0.717) is 33.8 Å². The fraction of sp³-hybridized carbons (Fsp3) is 0.136. The monoisotopic (exact) mass is 503 g/mol. The molecule has 0 saturated carbocycles. The number of aryl methyl sites for hydroxylation is 1. The van der Waals surface area contributed by atoms with E-state index < -0.39 is 0 Å². The van der Waals surface area contributed by atoms with Crippen molar-refractivity contribution >= 4 is 43.5 Å². The van der Waals surface area contributed by atoms with E-state index in [-0.39, 0.29) is 5.91 Å². The Hall–Kier alpha value is -2.31. The molecule has 144 valence electrons. The van der Waals surface area contributed by atoms with Crippen molar-refractivity contribution in [2.75, 3.05) is 12.4 Å². The standard InChI is InChI=1S/C22H19Br2NO3/c1-14-3-5-15(6-4-14)13-28-21-19(24)11-16(12-20(21)27-2)22(26)25-18-9-7-17(23)8-10-18/h3-12H,13H2,1-2H3,(H,25,26). The molecule has 0 spiro atoms. The number of rotatable bonds is 6. The summed E-state index contributed by atoms with van der Waals surface area (Å²) >= 11 is 6.87. The zero-order valence-electron chi connectivity index (χ0n) is 15.5. The quantitative estimate of drug-likeness (QED) is 0.424. The molecule has 6 heteroatoms. The Morgan fingerprint density at radius 2 is 1.68 bits per heavy atom. The largest absolute Gasteiger partial charge is 0.493 e. The van der Waals surface area contributed by atoms with Gasteiger partial charge in [-0.05, 0) is 64.8 Å². The molecule has 1 N–H and O–H groups in total. The lowest BCUT2D eigenvalue weighted by atomic mass is 10.1. The Bertz CT molecular complexity index is 970. The van der Waals surface area contributed by atoms with Crippen molar-refractivity contribution in [1.82, 2.24) is 0 Å². The molecule has 28 heavy (non-hydrogen) atoms. The van der Waals surface area contributed by atoms with Crippen LogP contribution < -0.4 is 14.8 Å². The average Bonchev–Trinajstić information content (AvgIpc) is 2.69. The Morgan fingerprint density at radius 1 is 1.00 bits per heavy atom. The maximum atomic E-state index is 12.6. The van der Waals surface area contributed by atoms with E-state index in [1.165, 1.54) is 5.56 Å². The topological polar surface area (TPSA) is 47.6 Å². The number of carbonyl (C=O) groups is 1. The number of benzene rings is 3. The van der Waals surface area contributed by atoms with Gasteiger partial charge >= 0.3 is 0 Å². The average molecular weight is 505 g/mol. The van der Waals surface area contributed by atoms with E-state index in [1.54, 1.807) is 19.2 Å². The molecule has 0 atom stereocenters. The van der Waals surface area contributed by atoms with Crippen molar-refractivity contribution in [2.45, 2.75) is 13.5 Å². The molecule has 3 aromatic carbocycles. The van der Waals surface area contributed by atoms with Gasteiger partial charge in [-0.1, -0.05) is 45.8 Å². The van der Waals surface area contributed by atoms with Crippen LogP contribution in [0.3, 0.4) is 0 Å². The normalized spacial score (nSPS) is 10.4. The summed E-state index contributed by atoms with van der Waals surface area (Å²) in [4.78, 5) is 12.6. The van der Waals surface area contributed by atoms with Gasteiger partial charge in [0.1, 0.15) is 6.61 Å². The molecule has 0 aromatic heterocycles. The van der Waals surface area contributed by atoms with Gasteiger partial charge in [-0.3, -0.25) is 4.79 Å². The predicted octanol–water partition coefficient (Wildman–Crippen LogP) is 6.36. The van der Waals surface area contributed by atoms with Crippen molar-refractivity contribution in [1.29, 1.82) is 0 Å². The van der Waals surface area contributed by atoms with E-state index >= 15 is 0 Å². The number of anilines is 1. The van der Waals surface area contributed by atoms with Gasteiger partial charge in [0.15, 0.2) is 11.5 Å². The van der Waals surface area contributed by atoms with Crippen molar-refractivity contribution in [3.05, 3.63) is 86.3 Å². The third kappa shape index (κ3) is 5.14. The lowest BCUT2D eigenvalue weighted by Gasteiger charge is -2.15. The molecule has 4 nitrogen and oxygen atoms in total. The van der Waals surface area contributed by atoms with Crippen LogP contribution in [-0.4, -0.2) is 13.0 Å². The fourth-order valence-corrected chi connectivity index (χ4v) is 3.39. The predicted molar refractivity (Wildman–Crippen MR) is 118 cm³/mol. The van der Waals surface area contributed by atoms with E-state index in [4.69, 9.17) is 9.47 Å². The van der Waals surface area contributed by atoms with E-state index in [1.807, 2.05) is 55.5 Å². The van der Waals surface area contributed by atoms with Crippen molar-refractivity contribution in [3.63, 3.8) is 0 Å². The van der Waals surface area contributed by atoms with Crippen LogP contribution in [0.4, 0.5) is 5.69 Å². The highest BCUT2D eigenvalue weighted by molar-refractivity contribution is 9.10. The molecule has 0 aliphatic rings. The molecule has 0 aliphatic carbocycles. The van der Waals surface area contributed by atoms with Gasteiger partial charge in [0.2, 0.25) is 0 Å². The van der Waals surface area contributed by atoms with Gasteiger partial charge in [0.25, 0.3) is 5.91 Å². The molecular formula is C22H19Br2NO3. The molecule has 0 aliphatic heterocycles. The molecule has 3 aromatic rings. The first kappa shape index (κ1) is 20.4. The first-order valence-corrected chi connectivity index (χ1v) is 10.2. The van der Waals surface area contributed by atoms with Crippen LogP contribution in [0.1, 0.15) is 21.5 Å². The molecular weight excluding hydrogens is 486 g/mol. The summed E-state index contributed by atoms with van der Waals surface area (Å²) in [5.74, 6) is 0.817. The van der Waals surface area contributed by atoms with Crippen LogP contribution >= 0.6 is 31.9 Å². The first-order chi connectivity index (χ1) is 13.5. The number of hydrogen-bond donors (Lipinski definition) is 1. The SMILES string of the molecule is COc1cc(C(=O)Nc2ccc(Br)cc2)cc(Br)c1OCc1ccc(C)cc1. The minimum absolute atomic E-state index is 0.230. The van der Waals surface area contributed by atoms with E-state index in [0.717, 1.165) is 10.0 Å². The number of hydrogen-bond acceptors (Lipinski definition) is 3. The maximum Gasteiger partial charge on any atom is 0.255 e. The molecule has 1 amide bonds. The number of halogens is 2. The highest BCUT2D eigenvalue weighted by Gasteiger charge is 2.16. The van der Waals surface area contributed by atoms with Crippen molar-refractivity contribution in [3.8, 4) is 11.5 Å². The fourth-order valence-electron chi connectivity index (χ4n) is 2.57. The summed E-state index contributed by atoms with van der Waals surface area (Å²) < 4.78 is 13.0. The van der Waals surface area contributed by atoms with Crippen molar-refractivity contribution < 1.29 is 14.3 Å². The minimum Gasteiger partial charge on any atom is -0.493 e. The lowest BCUT2D eigenvalue weighted by Crippen LogP contribution is -2.12. The summed E-state index contributed by atoms with van der Waals surface area (Å²) in [6.45, 7) is 2.45.